The van der Waals surface area contributed by atoms with E-state index < -0.39 is 5.76 Å². The Bertz CT molecular complexity index is 998. The number of halogens is 1. The summed E-state index contributed by atoms with van der Waals surface area (Å²) in [5.41, 5.74) is 3.60. The van der Waals surface area contributed by atoms with E-state index in [1.165, 1.54) is 15.6 Å². The lowest BCUT2D eigenvalue weighted by Crippen LogP contribution is -1.92. The van der Waals surface area contributed by atoms with E-state index in [9.17, 15) is 4.79 Å². The van der Waals surface area contributed by atoms with Crippen LogP contribution >= 0.6 is 27.3 Å². The third kappa shape index (κ3) is 2.13. The molecule has 0 aliphatic carbocycles. The van der Waals surface area contributed by atoms with Gasteiger partial charge >= 0.3 is 5.76 Å². The zero-order valence-corrected chi connectivity index (χ0v) is 13.2. The van der Waals surface area contributed by atoms with Crippen LogP contribution in [0.15, 0.2) is 57.1 Å². The number of thiophene rings is 1. The van der Waals surface area contributed by atoms with Crippen molar-refractivity contribution in [2.75, 3.05) is 0 Å². The van der Waals surface area contributed by atoms with E-state index in [1.807, 2.05) is 30.3 Å². The van der Waals surface area contributed by atoms with Gasteiger partial charge in [0.15, 0.2) is 5.58 Å². The highest BCUT2D eigenvalue weighted by Crippen LogP contribution is 2.39. The third-order valence-corrected chi connectivity index (χ3v) is 5.53. The number of aromatic nitrogens is 1. The maximum absolute atomic E-state index is 11.2. The molecule has 4 aromatic rings. The summed E-state index contributed by atoms with van der Waals surface area (Å²) in [5.74, 6) is -0.422. The molecule has 0 amide bonds. The summed E-state index contributed by atoms with van der Waals surface area (Å²) in [4.78, 5) is 14.0. The maximum atomic E-state index is 11.2. The molecule has 0 bridgehead atoms. The number of fused-ring (bicyclic) bond motifs is 2. The van der Waals surface area contributed by atoms with Gasteiger partial charge in [0, 0.05) is 4.70 Å². The van der Waals surface area contributed by atoms with Crippen molar-refractivity contribution in [1.29, 1.82) is 0 Å². The van der Waals surface area contributed by atoms with Gasteiger partial charge in [0.25, 0.3) is 0 Å². The Morgan fingerprint density at radius 2 is 2.05 bits per heavy atom. The molecule has 5 heteroatoms. The molecule has 0 radical (unpaired) electrons. The Labute approximate surface area is 132 Å². The molecule has 0 fully saturated rings. The van der Waals surface area contributed by atoms with E-state index in [0.29, 0.717) is 5.58 Å². The molecule has 21 heavy (non-hydrogen) atoms. The second-order valence-corrected chi connectivity index (χ2v) is 6.65. The van der Waals surface area contributed by atoms with Crippen LogP contribution in [-0.2, 0) is 0 Å². The minimum absolute atomic E-state index is 0.0678. The highest BCUT2D eigenvalue weighted by molar-refractivity contribution is 9.09. The molecule has 0 saturated heterocycles. The Hall–Kier alpha value is -1.85. The van der Waals surface area contributed by atoms with Gasteiger partial charge in [0.1, 0.15) is 0 Å². The van der Waals surface area contributed by atoms with Crippen molar-refractivity contribution >= 4 is 48.5 Å². The summed E-state index contributed by atoms with van der Waals surface area (Å²) in [6.45, 7) is 0. The molecule has 0 aliphatic rings. The van der Waals surface area contributed by atoms with Crippen molar-refractivity contribution in [3.8, 4) is 0 Å². The number of H-pyrrole nitrogens is 1. The van der Waals surface area contributed by atoms with Gasteiger partial charge < -0.3 is 4.42 Å². The van der Waals surface area contributed by atoms with Crippen molar-refractivity contribution in [2.45, 2.75) is 4.83 Å². The molecule has 1 atom stereocenters. The molecule has 2 aromatic carbocycles. The average Bonchev–Trinajstić information content (AvgIpc) is 3.07. The lowest BCUT2D eigenvalue weighted by molar-refractivity contribution is 0.555. The Balaban J connectivity index is 1.85. The molecular formula is C16H10BrNO2S. The number of hydrogen-bond donors (Lipinski definition) is 1. The summed E-state index contributed by atoms with van der Waals surface area (Å²) in [6.07, 6.45) is 0. The molecule has 104 valence electrons. The van der Waals surface area contributed by atoms with Gasteiger partial charge in [-0.1, -0.05) is 40.2 Å². The summed E-state index contributed by atoms with van der Waals surface area (Å²) < 4.78 is 6.40. The third-order valence-electron chi connectivity index (χ3n) is 3.52. The van der Waals surface area contributed by atoms with Gasteiger partial charge in [0.05, 0.1) is 10.3 Å². The van der Waals surface area contributed by atoms with Gasteiger partial charge in [-0.25, -0.2) is 4.79 Å². The molecule has 0 spiro atoms. The zero-order valence-electron chi connectivity index (χ0n) is 10.8. The largest absolute Gasteiger partial charge is 0.417 e. The van der Waals surface area contributed by atoms with Crippen LogP contribution in [0.5, 0.6) is 0 Å². The summed E-state index contributed by atoms with van der Waals surface area (Å²) in [6, 6.07) is 14.1. The van der Waals surface area contributed by atoms with Gasteiger partial charge in [-0.15, -0.1) is 11.3 Å². The molecule has 0 aliphatic heterocycles. The van der Waals surface area contributed by atoms with Crippen LogP contribution in [0.25, 0.3) is 21.2 Å². The topological polar surface area (TPSA) is 46.0 Å². The highest BCUT2D eigenvalue weighted by Gasteiger charge is 2.16. The summed E-state index contributed by atoms with van der Waals surface area (Å²) in [7, 11) is 0. The Morgan fingerprint density at radius 1 is 1.19 bits per heavy atom. The number of nitrogens with one attached hydrogen (secondary N) is 1. The quantitative estimate of drug-likeness (QED) is 0.521. The van der Waals surface area contributed by atoms with Crippen LogP contribution in [0.3, 0.4) is 0 Å². The Kier molecular flexibility index (Phi) is 2.97. The summed E-state index contributed by atoms with van der Waals surface area (Å²) >= 11 is 5.50. The molecule has 1 N–H and O–H groups in total. The molecule has 2 heterocycles. The molecule has 1 unspecified atom stereocenters. The average molecular weight is 360 g/mol. The monoisotopic (exact) mass is 359 g/mol. The minimum atomic E-state index is -0.422. The predicted molar refractivity (Wildman–Crippen MR) is 89.4 cm³/mol. The van der Waals surface area contributed by atoms with Crippen LogP contribution in [0.2, 0.25) is 0 Å². The first-order valence-corrected chi connectivity index (χ1v) is 8.25. The van der Waals surface area contributed by atoms with E-state index in [4.69, 9.17) is 4.42 Å². The first-order valence-electron chi connectivity index (χ1n) is 6.45. The normalized spacial score (nSPS) is 13.0. The number of oxazole rings is 1. The smallest absolute Gasteiger partial charge is 0.408 e. The number of alkyl halides is 1. The van der Waals surface area contributed by atoms with Crippen molar-refractivity contribution in [2.24, 2.45) is 0 Å². The molecular weight excluding hydrogens is 350 g/mol. The number of benzene rings is 2. The fourth-order valence-corrected chi connectivity index (χ4v) is 4.32. The summed E-state index contributed by atoms with van der Waals surface area (Å²) in [5, 5.41) is 3.42. The van der Waals surface area contributed by atoms with Crippen LogP contribution < -0.4 is 5.76 Å². The molecule has 4 rings (SSSR count). The van der Waals surface area contributed by atoms with Crippen LogP contribution in [0.4, 0.5) is 0 Å². The first kappa shape index (κ1) is 12.9. The molecule has 0 saturated carbocycles. The van der Waals surface area contributed by atoms with Gasteiger partial charge in [0.2, 0.25) is 0 Å². The van der Waals surface area contributed by atoms with Crippen molar-refractivity contribution in [1.82, 2.24) is 4.98 Å². The lowest BCUT2D eigenvalue weighted by Gasteiger charge is -2.09. The van der Waals surface area contributed by atoms with E-state index >= 15 is 0 Å². The SMILES string of the molecule is O=c1[nH]c2ccc(C(Br)c3csc4ccccc34)cc2o1. The maximum Gasteiger partial charge on any atom is 0.417 e. The van der Waals surface area contributed by atoms with Crippen molar-refractivity contribution < 1.29 is 4.42 Å². The molecule has 2 aromatic heterocycles. The zero-order chi connectivity index (χ0) is 14.4. The lowest BCUT2D eigenvalue weighted by atomic mass is 10.0. The van der Waals surface area contributed by atoms with E-state index in [0.717, 1.165) is 11.1 Å². The van der Waals surface area contributed by atoms with Gasteiger partial charge in [-0.2, -0.15) is 0 Å². The Morgan fingerprint density at radius 3 is 2.95 bits per heavy atom. The van der Waals surface area contributed by atoms with Crippen molar-refractivity contribution in [3.05, 3.63) is 69.5 Å². The van der Waals surface area contributed by atoms with E-state index in [1.54, 1.807) is 11.3 Å². The van der Waals surface area contributed by atoms with Gasteiger partial charge in [-0.3, -0.25) is 4.98 Å². The van der Waals surface area contributed by atoms with Crippen LogP contribution in [0, 0.1) is 0 Å². The first-order chi connectivity index (χ1) is 10.2. The van der Waals surface area contributed by atoms with Crippen LogP contribution in [-0.4, -0.2) is 4.98 Å². The fourth-order valence-electron chi connectivity index (χ4n) is 2.49. The number of hydrogen-bond acceptors (Lipinski definition) is 3. The minimum Gasteiger partial charge on any atom is -0.408 e. The molecule has 3 nitrogen and oxygen atoms in total. The standard InChI is InChI=1S/C16H10BrNO2S/c17-15(11-8-21-14-4-2-1-3-10(11)14)9-5-6-12-13(7-9)20-16(19)18-12/h1-8,15H,(H,18,19). The number of rotatable bonds is 2. The second kappa shape index (κ2) is 4.86. The highest BCUT2D eigenvalue weighted by atomic mass is 79.9. The van der Waals surface area contributed by atoms with Gasteiger partial charge in [-0.05, 0) is 40.1 Å². The van der Waals surface area contributed by atoms with Crippen LogP contribution in [0.1, 0.15) is 16.0 Å². The second-order valence-electron chi connectivity index (χ2n) is 4.82. The predicted octanol–water partition coefficient (Wildman–Crippen LogP) is 4.82. The fraction of sp³-hybridized carbons (Fsp3) is 0.0625. The van der Waals surface area contributed by atoms with Crippen molar-refractivity contribution in [3.63, 3.8) is 0 Å². The van der Waals surface area contributed by atoms with E-state index in [-0.39, 0.29) is 4.83 Å². The van der Waals surface area contributed by atoms with E-state index in [2.05, 4.69) is 38.4 Å². The number of aromatic amines is 1.